The van der Waals surface area contributed by atoms with Gasteiger partial charge in [-0.2, -0.15) is 0 Å². The number of likely N-dealkylation sites (N-methyl/N-ethyl adjacent to an activating group) is 1. The lowest BCUT2D eigenvalue weighted by Crippen LogP contribution is -2.48. The van der Waals surface area contributed by atoms with E-state index in [0.29, 0.717) is 21.4 Å². The van der Waals surface area contributed by atoms with Crippen molar-refractivity contribution >= 4 is 50.1 Å². The topological polar surface area (TPSA) is 127 Å². The largest absolute Gasteiger partial charge is 0.355 e. The Morgan fingerprint density at radius 1 is 1.18 bits per heavy atom. The van der Waals surface area contributed by atoms with E-state index in [2.05, 4.69) is 26.8 Å². The first-order chi connectivity index (χ1) is 18.5. The van der Waals surface area contributed by atoms with Crippen molar-refractivity contribution < 1.29 is 8.42 Å². The van der Waals surface area contributed by atoms with Crippen molar-refractivity contribution in [3.63, 3.8) is 0 Å². The second-order valence-electron chi connectivity index (χ2n) is 10.8. The number of piperidine rings is 1. The molecule has 1 aliphatic heterocycles. The van der Waals surface area contributed by atoms with Crippen LogP contribution in [0.2, 0.25) is 5.02 Å². The van der Waals surface area contributed by atoms with Crippen LogP contribution < -0.4 is 16.2 Å². The van der Waals surface area contributed by atoms with E-state index in [1.807, 2.05) is 6.07 Å². The predicted octanol–water partition coefficient (Wildman–Crippen LogP) is 3.23. The minimum Gasteiger partial charge on any atom is -0.355 e. The van der Waals surface area contributed by atoms with Gasteiger partial charge in [-0.05, 0) is 49.1 Å². The quantitative estimate of drug-likeness (QED) is 0.440. The molecule has 1 saturated carbocycles. The molecule has 2 aliphatic rings. The fourth-order valence-electron chi connectivity index (χ4n) is 5.71. The second-order valence-corrected chi connectivity index (χ2v) is 14.3. The number of halogens is 1. The molecular weight excluding hydrogens is 558 g/mol. The van der Waals surface area contributed by atoms with E-state index < -0.39 is 10.0 Å². The highest BCUT2D eigenvalue weighted by atomic mass is 35.5. The average molecular weight is 592 g/mol. The SMILES string of the molecule is C[C@@H]1CCC2(CCN(c3cnc(Sc4ccc5ncn(CCN(C)S(C)(=O)=O)c(=O)c5c4Cl)cn3)CC2)[C@@H]1N. The lowest BCUT2D eigenvalue weighted by molar-refractivity contribution is 0.186. The van der Waals surface area contributed by atoms with Gasteiger partial charge in [-0.1, -0.05) is 30.3 Å². The van der Waals surface area contributed by atoms with Crippen molar-refractivity contribution in [1.29, 1.82) is 0 Å². The number of sulfonamides is 1. The molecule has 2 aromatic heterocycles. The molecule has 2 fully saturated rings. The van der Waals surface area contributed by atoms with E-state index in [-0.39, 0.29) is 40.5 Å². The van der Waals surface area contributed by atoms with Gasteiger partial charge in [0.15, 0.2) is 0 Å². The van der Waals surface area contributed by atoms with E-state index in [9.17, 15) is 13.2 Å². The Hall–Kier alpha value is -2.25. The maximum absolute atomic E-state index is 13.2. The van der Waals surface area contributed by atoms with Crippen LogP contribution in [0.15, 0.2) is 45.6 Å². The predicted molar refractivity (Wildman–Crippen MR) is 155 cm³/mol. The summed E-state index contributed by atoms with van der Waals surface area (Å²) in [6, 6.07) is 3.84. The van der Waals surface area contributed by atoms with E-state index in [4.69, 9.17) is 17.3 Å². The molecule has 1 aromatic carbocycles. The minimum absolute atomic E-state index is 0.143. The zero-order valence-corrected chi connectivity index (χ0v) is 24.8. The van der Waals surface area contributed by atoms with Gasteiger partial charge in [0.1, 0.15) is 10.8 Å². The van der Waals surface area contributed by atoms with Crippen molar-refractivity contribution in [2.75, 3.05) is 37.8 Å². The summed E-state index contributed by atoms with van der Waals surface area (Å²) in [5, 5.41) is 1.24. The highest BCUT2D eigenvalue weighted by Gasteiger charge is 2.46. The van der Waals surface area contributed by atoms with Crippen LogP contribution in [0.3, 0.4) is 0 Å². The molecule has 0 amide bonds. The van der Waals surface area contributed by atoms with Gasteiger partial charge in [-0.3, -0.25) is 9.36 Å². The molecule has 1 spiro atoms. The first-order valence-corrected chi connectivity index (χ1v) is 16.1. The maximum atomic E-state index is 13.2. The summed E-state index contributed by atoms with van der Waals surface area (Å²) >= 11 is 8.02. The molecule has 3 aromatic rings. The number of benzene rings is 1. The van der Waals surface area contributed by atoms with Gasteiger partial charge in [-0.25, -0.2) is 27.7 Å². The van der Waals surface area contributed by atoms with Gasteiger partial charge in [0.2, 0.25) is 10.0 Å². The molecule has 13 heteroatoms. The normalized spacial score (nSPS) is 21.3. The molecule has 10 nitrogen and oxygen atoms in total. The molecule has 0 unspecified atom stereocenters. The molecule has 39 heavy (non-hydrogen) atoms. The summed E-state index contributed by atoms with van der Waals surface area (Å²) in [6.45, 7) is 4.43. The highest BCUT2D eigenvalue weighted by Crippen LogP contribution is 2.48. The Balaban J connectivity index is 1.29. The molecule has 2 atom stereocenters. The Labute approximate surface area is 238 Å². The Morgan fingerprint density at radius 3 is 2.54 bits per heavy atom. The van der Waals surface area contributed by atoms with E-state index in [1.54, 1.807) is 18.5 Å². The number of hydrogen-bond donors (Lipinski definition) is 1. The summed E-state index contributed by atoms with van der Waals surface area (Å²) < 4.78 is 25.9. The van der Waals surface area contributed by atoms with Crippen molar-refractivity contribution in [2.45, 2.75) is 55.1 Å². The van der Waals surface area contributed by atoms with E-state index in [0.717, 1.165) is 38.0 Å². The fourth-order valence-corrected chi connectivity index (χ4v) is 7.24. The van der Waals surface area contributed by atoms with Crippen LogP contribution in [-0.2, 0) is 16.6 Å². The van der Waals surface area contributed by atoms with Gasteiger partial charge in [0, 0.05) is 44.2 Å². The number of hydrogen-bond acceptors (Lipinski definition) is 9. The zero-order chi connectivity index (χ0) is 27.9. The zero-order valence-electron chi connectivity index (χ0n) is 22.4. The van der Waals surface area contributed by atoms with Crippen molar-refractivity contribution in [1.82, 2.24) is 23.8 Å². The number of nitrogens with zero attached hydrogens (tertiary/aromatic N) is 6. The molecule has 210 valence electrons. The first kappa shape index (κ1) is 28.3. The number of anilines is 1. The monoisotopic (exact) mass is 591 g/mol. The Bertz CT molecular complexity index is 1520. The van der Waals surface area contributed by atoms with Gasteiger partial charge < -0.3 is 10.6 Å². The van der Waals surface area contributed by atoms with Crippen LogP contribution >= 0.6 is 23.4 Å². The molecule has 1 saturated heterocycles. The number of nitrogens with two attached hydrogens (primary N) is 1. The van der Waals surface area contributed by atoms with Crippen LogP contribution in [0, 0.1) is 11.3 Å². The lowest BCUT2D eigenvalue weighted by Gasteiger charge is -2.43. The average Bonchev–Trinajstić information content (AvgIpc) is 3.18. The summed E-state index contributed by atoms with van der Waals surface area (Å²) in [4.78, 5) is 29.8. The Kier molecular flexibility index (Phi) is 7.95. The third-order valence-electron chi connectivity index (χ3n) is 8.45. The van der Waals surface area contributed by atoms with Crippen LogP contribution in [0.5, 0.6) is 0 Å². The molecule has 0 radical (unpaired) electrons. The van der Waals surface area contributed by atoms with Gasteiger partial charge >= 0.3 is 0 Å². The second kappa shape index (κ2) is 11.0. The highest BCUT2D eigenvalue weighted by molar-refractivity contribution is 7.99. The number of rotatable bonds is 7. The van der Waals surface area contributed by atoms with Crippen LogP contribution in [0.25, 0.3) is 10.9 Å². The molecule has 1 aliphatic carbocycles. The summed E-state index contributed by atoms with van der Waals surface area (Å²) in [5.74, 6) is 1.44. The first-order valence-electron chi connectivity index (χ1n) is 13.1. The van der Waals surface area contributed by atoms with Crippen molar-refractivity contribution in [3.8, 4) is 0 Å². The smallest absolute Gasteiger partial charge is 0.262 e. The molecule has 3 heterocycles. The molecule has 5 rings (SSSR count). The molecule has 2 N–H and O–H groups in total. The van der Waals surface area contributed by atoms with Crippen molar-refractivity contribution in [2.24, 2.45) is 17.1 Å². The molecule has 0 bridgehead atoms. The van der Waals surface area contributed by atoms with Crippen LogP contribution in [0.4, 0.5) is 5.82 Å². The molecular formula is C26H34ClN7O3S2. The van der Waals surface area contributed by atoms with Crippen molar-refractivity contribution in [3.05, 3.63) is 46.2 Å². The number of fused-ring (bicyclic) bond motifs is 1. The number of aromatic nitrogens is 4. The van der Waals surface area contributed by atoms with E-state index in [1.165, 1.54) is 46.9 Å². The third kappa shape index (κ3) is 5.67. The lowest BCUT2D eigenvalue weighted by atomic mass is 9.73. The standard InChI is InChI=1S/C26H34ClN7O3S2/c1-17-6-7-26(24(17)28)8-10-33(11-9-26)20-14-30-21(15-29-20)38-19-5-4-18-22(23(19)27)25(35)34(16-31-18)13-12-32(2)39(3,36)37/h4-5,14-17,24H,6-13,28H2,1-3H3/t17-,24-/m1/s1. The summed E-state index contributed by atoms with van der Waals surface area (Å²) in [5.41, 5.74) is 6.98. The van der Waals surface area contributed by atoms with Gasteiger partial charge in [0.05, 0.1) is 40.9 Å². The summed E-state index contributed by atoms with van der Waals surface area (Å²) in [6.07, 6.45) is 10.7. The van der Waals surface area contributed by atoms with E-state index >= 15 is 0 Å². The fraction of sp³-hybridized carbons (Fsp3) is 0.538. The van der Waals surface area contributed by atoms with Gasteiger partial charge in [0.25, 0.3) is 5.56 Å². The third-order valence-corrected chi connectivity index (χ3v) is 11.2. The van der Waals surface area contributed by atoms with Crippen LogP contribution in [0.1, 0.15) is 32.6 Å². The van der Waals surface area contributed by atoms with Crippen LogP contribution in [-0.4, -0.2) is 71.2 Å². The Morgan fingerprint density at radius 2 is 1.92 bits per heavy atom. The summed E-state index contributed by atoms with van der Waals surface area (Å²) in [7, 11) is -1.88. The van der Waals surface area contributed by atoms with Gasteiger partial charge in [-0.15, -0.1) is 0 Å². The maximum Gasteiger partial charge on any atom is 0.262 e. The minimum atomic E-state index is -3.35.